The van der Waals surface area contributed by atoms with Gasteiger partial charge in [-0.3, -0.25) is 9.59 Å². The van der Waals surface area contributed by atoms with Gasteiger partial charge in [0.2, 0.25) is 5.91 Å². The van der Waals surface area contributed by atoms with Gasteiger partial charge < -0.3 is 15.1 Å². The van der Waals surface area contributed by atoms with Gasteiger partial charge in [-0.25, -0.2) is 4.39 Å². The van der Waals surface area contributed by atoms with E-state index in [1.807, 2.05) is 0 Å². The van der Waals surface area contributed by atoms with E-state index >= 15 is 0 Å². The number of carbonyl (C=O) groups excluding carboxylic acids is 2. The van der Waals surface area contributed by atoms with Gasteiger partial charge in [-0.2, -0.15) is 0 Å². The van der Waals surface area contributed by atoms with E-state index in [1.54, 1.807) is 11.9 Å². The van der Waals surface area contributed by atoms with Gasteiger partial charge in [0, 0.05) is 38.8 Å². The molecule has 1 N–H and O–H groups in total. The van der Waals surface area contributed by atoms with Crippen molar-refractivity contribution >= 4 is 23.4 Å². The molecule has 2 amide bonds. The number of amides is 2. The Morgan fingerprint density at radius 3 is 2.67 bits per heavy atom. The summed E-state index contributed by atoms with van der Waals surface area (Å²) in [6, 6.07) is 3.77. The predicted molar refractivity (Wildman–Crippen MR) is 77.8 cm³/mol. The number of hydrogen-bond acceptors (Lipinski definition) is 3. The maximum Gasteiger partial charge on any atom is 0.254 e. The Morgan fingerprint density at radius 1 is 1.38 bits per heavy atom. The molecule has 0 aliphatic carbocycles. The van der Waals surface area contributed by atoms with E-state index in [9.17, 15) is 14.0 Å². The molecule has 21 heavy (non-hydrogen) atoms. The Balaban J connectivity index is 1.98. The normalized spacial score (nSPS) is 14.9. The third-order valence-corrected chi connectivity index (χ3v) is 3.65. The second-order valence-corrected chi connectivity index (χ2v) is 5.33. The molecule has 2 rings (SSSR count). The summed E-state index contributed by atoms with van der Waals surface area (Å²) in [5.74, 6) is -1.03. The second-order valence-electron chi connectivity index (χ2n) is 4.92. The van der Waals surface area contributed by atoms with E-state index in [4.69, 9.17) is 11.6 Å². The van der Waals surface area contributed by atoms with Gasteiger partial charge in [0.25, 0.3) is 5.91 Å². The lowest BCUT2D eigenvalue weighted by molar-refractivity contribution is -0.132. The zero-order valence-corrected chi connectivity index (χ0v) is 12.5. The minimum absolute atomic E-state index is 0.00612. The van der Waals surface area contributed by atoms with E-state index in [0.29, 0.717) is 13.1 Å². The lowest BCUT2D eigenvalue weighted by atomic mass is 10.2. The molecular formula is C14H17ClFN3O2. The van der Waals surface area contributed by atoms with Crippen LogP contribution < -0.4 is 5.32 Å². The number of piperazine rings is 1. The highest BCUT2D eigenvalue weighted by molar-refractivity contribution is 6.31. The number of hydrogen-bond donors (Lipinski definition) is 1. The van der Waals surface area contributed by atoms with Crippen LogP contribution >= 0.6 is 11.6 Å². The molecule has 114 valence electrons. The lowest BCUT2D eigenvalue weighted by Gasteiger charge is -2.29. The number of halogens is 2. The van der Waals surface area contributed by atoms with Crippen LogP contribution in [0.3, 0.4) is 0 Å². The third-order valence-electron chi connectivity index (χ3n) is 3.36. The number of rotatable bonds is 3. The van der Waals surface area contributed by atoms with Gasteiger partial charge in [-0.1, -0.05) is 11.6 Å². The number of carbonyl (C=O) groups is 2. The smallest absolute Gasteiger partial charge is 0.254 e. The highest BCUT2D eigenvalue weighted by Gasteiger charge is 2.21. The molecule has 0 radical (unpaired) electrons. The first-order valence-corrected chi connectivity index (χ1v) is 7.06. The molecule has 0 aromatic heterocycles. The predicted octanol–water partition coefficient (Wildman–Crippen LogP) is 0.983. The zero-order chi connectivity index (χ0) is 15.4. The van der Waals surface area contributed by atoms with Crippen molar-refractivity contribution in [3.05, 3.63) is 34.6 Å². The van der Waals surface area contributed by atoms with Crippen LogP contribution in [0.4, 0.5) is 4.39 Å². The van der Waals surface area contributed by atoms with Crippen LogP contribution in [-0.2, 0) is 4.79 Å². The van der Waals surface area contributed by atoms with Crippen LogP contribution in [0, 0.1) is 5.82 Å². The first-order chi connectivity index (χ1) is 9.99. The van der Waals surface area contributed by atoms with Gasteiger partial charge in [0.05, 0.1) is 11.6 Å². The van der Waals surface area contributed by atoms with E-state index in [-0.39, 0.29) is 28.9 Å². The van der Waals surface area contributed by atoms with Crippen LogP contribution in [0.25, 0.3) is 0 Å². The molecule has 1 aromatic rings. The Bertz CT molecular complexity index is 547. The molecule has 0 spiro atoms. The van der Waals surface area contributed by atoms with Crippen molar-refractivity contribution < 1.29 is 14.0 Å². The van der Waals surface area contributed by atoms with Crippen LogP contribution in [0.15, 0.2) is 18.2 Å². The fraction of sp³-hybridized carbons (Fsp3) is 0.429. The minimum atomic E-state index is -0.576. The van der Waals surface area contributed by atoms with Gasteiger partial charge in [0.15, 0.2) is 0 Å². The van der Waals surface area contributed by atoms with E-state index in [2.05, 4.69) is 5.32 Å². The second kappa shape index (κ2) is 6.87. The van der Waals surface area contributed by atoms with Crippen molar-refractivity contribution in [2.24, 2.45) is 0 Å². The number of benzene rings is 1. The van der Waals surface area contributed by atoms with E-state index in [0.717, 1.165) is 19.2 Å². The standard InChI is InChI=1S/C14H17ClFN3O2/c1-18(9-13(20)19-6-4-17-5-7-19)14(21)10-2-3-12(16)11(15)8-10/h2-3,8,17H,4-7,9H2,1H3. The Morgan fingerprint density at radius 2 is 2.05 bits per heavy atom. The van der Waals surface area contributed by atoms with Crippen molar-refractivity contribution in [1.82, 2.24) is 15.1 Å². The molecule has 7 heteroatoms. The minimum Gasteiger partial charge on any atom is -0.339 e. The molecule has 0 unspecified atom stereocenters. The number of nitrogens with one attached hydrogen (secondary N) is 1. The van der Waals surface area contributed by atoms with Crippen molar-refractivity contribution in [3.63, 3.8) is 0 Å². The molecule has 1 fully saturated rings. The first-order valence-electron chi connectivity index (χ1n) is 6.68. The molecule has 5 nitrogen and oxygen atoms in total. The fourth-order valence-electron chi connectivity index (χ4n) is 2.14. The van der Waals surface area contributed by atoms with E-state index in [1.165, 1.54) is 17.0 Å². The largest absolute Gasteiger partial charge is 0.339 e. The summed E-state index contributed by atoms with van der Waals surface area (Å²) in [5, 5.41) is 3.05. The van der Waals surface area contributed by atoms with Crippen molar-refractivity contribution in [3.8, 4) is 0 Å². The maximum atomic E-state index is 13.1. The first kappa shape index (κ1) is 15.7. The highest BCUT2D eigenvalue weighted by Crippen LogP contribution is 2.17. The molecule has 1 aliphatic rings. The molecular weight excluding hydrogens is 297 g/mol. The summed E-state index contributed by atoms with van der Waals surface area (Å²) in [6.07, 6.45) is 0. The molecule has 1 aromatic carbocycles. The maximum absolute atomic E-state index is 13.1. The van der Waals surface area contributed by atoms with Crippen molar-refractivity contribution in [1.29, 1.82) is 0 Å². The molecule has 1 aliphatic heterocycles. The lowest BCUT2D eigenvalue weighted by Crippen LogP contribution is -2.49. The van der Waals surface area contributed by atoms with Crippen LogP contribution in [0.1, 0.15) is 10.4 Å². The molecule has 1 saturated heterocycles. The average molecular weight is 314 g/mol. The van der Waals surface area contributed by atoms with Gasteiger partial charge >= 0.3 is 0 Å². The van der Waals surface area contributed by atoms with E-state index < -0.39 is 5.82 Å². The Labute approximate surface area is 127 Å². The molecule has 1 heterocycles. The summed E-state index contributed by atoms with van der Waals surface area (Å²) >= 11 is 5.66. The summed E-state index contributed by atoms with van der Waals surface area (Å²) in [4.78, 5) is 27.3. The summed E-state index contributed by atoms with van der Waals surface area (Å²) in [6.45, 7) is 2.80. The van der Waals surface area contributed by atoms with Crippen molar-refractivity contribution in [2.75, 3.05) is 39.8 Å². The number of nitrogens with zero attached hydrogens (tertiary/aromatic N) is 2. The molecule has 0 bridgehead atoms. The highest BCUT2D eigenvalue weighted by atomic mass is 35.5. The Hall–Kier alpha value is -1.66. The molecule has 0 atom stereocenters. The zero-order valence-electron chi connectivity index (χ0n) is 11.7. The summed E-state index contributed by atoms with van der Waals surface area (Å²) < 4.78 is 13.1. The van der Waals surface area contributed by atoms with Crippen molar-refractivity contribution in [2.45, 2.75) is 0 Å². The SMILES string of the molecule is CN(CC(=O)N1CCNCC1)C(=O)c1ccc(F)c(Cl)c1. The van der Waals surface area contributed by atoms with Gasteiger partial charge in [-0.15, -0.1) is 0 Å². The summed E-state index contributed by atoms with van der Waals surface area (Å²) in [5.41, 5.74) is 0.261. The summed E-state index contributed by atoms with van der Waals surface area (Å²) in [7, 11) is 1.54. The van der Waals surface area contributed by atoms with Crippen LogP contribution in [0.5, 0.6) is 0 Å². The Kier molecular flexibility index (Phi) is 5.14. The topological polar surface area (TPSA) is 52.7 Å². The monoisotopic (exact) mass is 313 g/mol. The van der Waals surface area contributed by atoms with Gasteiger partial charge in [-0.05, 0) is 18.2 Å². The van der Waals surface area contributed by atoms with Crippen LogP contribution in [-0.4, -0.2) is 61.4 Å². The quantitative estimate of drug-likeness (QED) is 0.905. The van der Waals surface area contributed by atoms with Crippen LogP contribution in [0.2, 0.25) is 5.02 Å². The molecule has 0 saturated carbocycles. The third kappa shape index (κ3) is 3.92. The number of likely N-dealkylation sites (N-methyl/N-ethyl adjacent to an activating group) is 1. The average Bonchev–Trinajstić information content (AvgIpc) is 2.50. The van der Waals surface area contributed by atoms with Gasteiger partial charge in [0.1, 0.15) is 5.82 Å². The fourth-order valence-corrected chi connectivity index (χ4v) is 2.32.